The third-order valence-corrected chi connectivity index (χ3v) is 3.19. The van der Waals surface area contributed by atoms with Crippen LogP contribution in [0.25, 0.3) is 0 Å². The number of carbonyl (C=O) groups is 2. The number of hydrogen-bond donors (Lipinski definition) is 2. The Labute approximate surface area is 139 Å². The SMILES string of the molecule is CCNC(=O)c1cc(F)c(NC(C)=O)c(OCc2ccccc2)c1. The molecule has 2 amide bonds. The first-order valence-electron chi connectivity index (χ1n) is 7.57. The summed E-state index contributed by atoms with van der Waals surface area (Å²) in [5, 5.41) is 5.01. The number of amides is 2. The molecule has 2 N–H and O–H groups in total. The van der Waals surface area contributed by atoms with Crippen molar-refractivity contribution in [2.45, 2.75) is 20.5 Å². The highest BCUT2D eigenvalue weighted by molar-refractivity contribution is 5.97. The molecule has 0 atom stereocenters. The van der Waals surface area contributed by atoms with Crippen molar-refractivity contribution < 1.29 is 18.7 Å². The van der Waals surface area contributed by atoms with Crippen LogP contribution in [0.3, 0.4) is 0 Å². The molecule has 0 spiro atoms. The normalized spacial score (nSPS) is 10.1. The number of carbonyl (C=O) groups excluding carboxylic acids is 2. The van der Waals surface area contributed by atoms with Crippen LogP contribution < -0.4 is 15.4 Å². The van der Waals surface area contributed by atoms with Crippen molar-refractivity contribution in [3.05, 3.63) is 59.4 Å². The average molecular weight is 330 g/mol. The van der Waals surface area contributed by atoms with E-state index >= 15 is 0 Å². The Balaban J connectivity index is 2.32. The van der Waals surface area contributed by atoms with Gasteiger partial charge >= 0.3 is 0 Å². The fourth-order valence-corrected chi connectivity index (χ4v) is 2.12. The predicted molar refractivity (Wildman–Crippen MR) is 89.5 cm³/mol. The molecule has 2 rings (SSSR count). The van der Waals surface area contributed by atoms with E-state index in [-0.39, 0.29) is 23.6 Å². The van der Waals surface area contributed by atoms with Crippen molar-refractivity contribution >= 4 is 17.5 Å². The zero-order chi connectivity index (χ0) is 17.5. The third kappa shape index (κ3) is 4.55. The quantitative estimate of drug-likeness (QED) is 0.855. The molecule has 2 aromatic carbocycles. The summed E-state index contributed by atoms with van der Waals surface area (Å²) in [6.45, 7) is 3.66. The van der Waals surface area contributed by atoms with Crippen LogP contribution in [0.1, 0.15) is 29.8 Å². The van der Waals surface area contributed by atoms with Crippen LogP contribution in [0, 0.1) is 5.82 Å². The number of benzene rings is 2. The van der Waals surface area contributed by atoms with Crippen molar-refractivity contribution in [1.82, 2.24) is 5.32 Å². The second kappa shape index (κ2) is 8.10. The van der Waals surface area contributed by atoms with Gasteiger partial charge in [-0.15, -0.1) is 0 Å². The van der Waals surface area contributed by atoms with Crippen LogP contribution in [0.2, 0.25) is 0 Å². The Bertz CT molecular complexity index is 733. The van der Waals surface area contributed by atoms with Crippen molar-refractivity contribution in [3.8, 4) is 5.75 Å². The lowest BCUT2D eigenvalue weighted by atomic mass is 10.1. The van der Waals surface area contributed by atoms with E-state index in [1.807, 2.05) is 30.3 Å². The molecule has 0 aliphatic heterocycles. The minimum Gasteiger partial charge on any atom is -0.487 e. The molecule has 24 heavy (non-hydrogen) atoms. The predicted octanol–water partition coefficient (Wildman–Crippen LogP) is 3.11. The monoisotopic (exact) mass is 330 g/mol. The summed E-state index contributed by atoms with van der Waals surface area (Å²) >= 11 is 0. The molecule has 0 aromatic heterocycles. The molecule has 0 saturated carbocycles. The highest BCUT2D eigenvalue weighted by Crippen LogP contribution is 2.30. The van der Waals surface area contributed by atoms with Gasteiger partial charge in [0.25, 0.3) is 5.91 Å². The molecule has 0 fully saturated rings. The maximum absolute atomic E-state index is 14.3. The Morgan fingerprint density at radius 1 is 1.17 bits per heavy atom. The van der Waals surface area contributed by atoms with Gasteiger partial charge < -0.3 is 15.4 Å². The van der Waals surface area contributed by atoms with Crippen LogP contribution >= 0.6 is 0 Å². The Morgan fingerprint density at radius 2 is 1.88 bits per heavy atom. The van der Waals surface area contributed by atoms with Gasteiger partial charge in [-0.05, 0) is 24.6 Å². The lowest BCUT2D eigenvalue weighted by Gasteiger charge is -2.14. The number of rotatable bonds is 6. The molecule has 6 heteroatoms. The second-order valence-electron chi connectivity index (χ2n) is 5.15. The van der Waals surface area contributed by atoms with Gasteiger partial charge in [-0.1, -0.05) is 30.3 Å². The molecule has 0 heterocycles. The molecule has 0 saturated heterocycles. The number of ether oxygens (including phenoxy) is 1. The van der Waals surface area contributed by atoms with E-state index in [0.717, 1.165) is 11.6 Å². The summed E-state index contributed by atoms with van der Waals surface area (Å²) in [5.41, 5.74) is 0.938. The fraction of sp³-hybridized carbons (Fsp3) is 0.222. The summed E-state index contributed by atoms with van der Waals surface area (Å²) < 4.78 is 20.0. The van der Waals surface area contributed by atoms with Crippen molar-refractivity contribution in [1.29, 1.82) is 0 Å². The van der Waals surface area contributed by atoms with E-state index in [0.29, 0.717) is 6.54 Å². The Kier molecular flexibility index (Phi) is 5.89. The van der Waals surface area contributed by atoms with E-state index in [2.05, 4.69) is 10.6 Å². The standard InChI is InChI=1S/C18H19FN2O3/c1-3-20-18(23)14-9-15(19)17(21-12(2)22)16(10-14)24-11-13-7-5-4-6-8-13/h4-10H,3,11H2,1-2H3,(H,20,23)(H,21,22). The maximum Gasteiger partial charge on any atom is 0.251 e. The average Bonchev–Trinajstić information content (AvgIpc) is 2.56. The van der Waals surface area contributed by atoms with Crippen LogP contribution in [0.4, 0.5) is 10.1 Å². The van der Waals surface area contributed by atoms with Gasteiger partial charge in [0.15, 0.2) is 5.82 Å². The van der Waals surface area contributed by atoms with E-state index < -0.39 is 17.6 Å². The highest BCUT2D eigenvalue weighted by Gasteiger charge is 2.17. The van der Waals surface area contributed by atoms with Crippen molar-refractivity contribution in [2.24, 2.45) is 0 Å². The van der Waals surface area contributed by atoms with Crippen LogP contribution in [0.15, 0.2) is 42.5 Å². The number of nitrogens with one attached hydrogen (secondary N) is 2. The highest BCUT2D eigenvalue weighted by atomic mass is 19.1. The lowest BCUT2D eigenvalue weighted by molar-refractivity contribution is -0.114. The third-order valence-electron chi connectivity index (χ3n) is 3.19. The van der Waals surface area contributed by atoms with Gasteiger partial charge in [-0.2, -0.15) is 0 Å². The molecule has 5 nitrogen and oxygen atoms in total. The number of anilines is 1. The van der Waals surface area contributed by atoms with Crippen LogP contribution in [-0.4, -0.2) is 18.4 Å². The molecule has 2 aromatic rings. The van der Waals surface area contributed by atoms with Gasteiger partial charge in [0.05, 0.1) is 0 Å². The molecule has 0 unspecified atom stereocenters. The van der Waals surface area contributed by atoms with E-state index in [1.54, 1.807) is 6.92 Å². The first-order valence-corrected chi connectivity index (χ1v) is 7.57. The lowest BCUT2D eigenvalue weighted by Crippen LogP contribution is -2.23. The summed E-state index contributed by atoms with van der Waals surface area (Å²) in [6.07, 6.45) is 0. The maximum atomic E-state index is 14.3. The summed E-state index contributed by atoms with van der Waals surface area (Å²) in [5.74, 6) is -1.45. The van der Waals surface area contributed by atoms with E-state index in [1.165, 1.54) is 13.0 Å². The fourth-order valence-electron chi connectivity index (χ4n) is 2.12. The molecule has 0 bridgehead atoms. The largest absolute Gasteiger partial charge is 0.487 e. The minimum atomic E-state index is -0.725. The molecule has 126 valence electrons. The molecule has 0 aliphatic carbocycles. The first-order chi connectivity index (χ1) is 11.5. The zero-order valence-electron chi connectivity index (χ0n) is 13.6. The smallest absolute Gasteiger partial charge is 0.251 e. The van der Waals surface area contributed by atoms with Gasteiger partial charge in [0.2, 0.25) is 5.91 Å². The summed E-state index contributed by atoms with van der Waals surface area (Å²) in [6, 6.07) is 11.8. The van der Waals surface area contributed by atoms with Gasteiger partial charge in [0, 0.05) is 19.0 Å². The number of halogens is 1. The summed E-state index contributed by atoms with van der Waals surface area (Å²) in [7, 11) is 0. The van der Waals surface area contributed by atoms with Crippen LogP contribution in [0.5, 0.6) is 5.75 Å². The number of hydrogen-bond acceptors (Lipinski definition) is 3. The van der Waals surface area contributed by atoms with Gasteiger partial charge in [-0.25, -0.2) is 4.39 Å². The van der Waals surface area contributed by atoms with Gasteiger partial charge in [0.1, 0.15) is 18.0 Å². The van der Waals surface area contributed by atoms with E-state index in [4.69, 9.17) is 4.74 Å². The molecular weight excluding hydrogens is 311 g/mol. The molecule has 0 radical (unpaired) electrons. The Hall–Kier alpha value is -2.89. The minimum absolute atomic E-state index is 0.0773. The van der Waals surface area contributed by atoms with Crippen molar-refractivity contribution in [3.63, 3.8) is 0 Å². The second-order valence-corrected chi connectivity index (χ2v) is 5.15. The first kappa shape index (κ1) is 17.5. The Morgan fingerprint density at radius 3 is 2.50 bits per heavy atom. The molecular formula is C18H19FN2O3. The van der Waals surface area contributed by atoms with Crippen molar-refractivity contribution in [2.75, 3.05) is 11.9 Å². The topological polar surface area (TPSA) is 67.4 Å². The van der Waals surface area contributed by atoms with Crippen LogP contribution in [-0.2, 0) is 11.4 Å². The summed E-state index contributed by atoms with van der Waals surface area (Å²) in [4.78, 5) is 23.2. The van der Waals surface area contributed by atoms with Gasteiger partial charge in [-0.3, -0.25) is 9.59 Å². The zero-order valence-corrected chi connectivity index (χ0v) is 13.6. The molecule has 0 aliphatic rings. The van der Waals surface area contributed by atoms with E-state index in [9.17, 15) is 14.0 Å².